The molecule has 166 valence electrons. The number of pyridine rings is 2. The Balaban J connectivity index is 1.80. The largest absolute Gasteiger partial charge is 0.457 e. The highest BCUT2D eigenvalue weighted by Crippen LogP contribution is 2.42. The van der Waals surface area contributed by atoms with E-state index in [1.807, 2.05) is 30.5 Å². The number of aromatic nitrogens is 2. The van der Waals surface area contributed by atoms with E-state index in [9.17, 15) is 9.18 Å². The third-order valence-corrected chi connectivity index (χ3v) is 6.77. The Labute approximate surface area is 187 Å². The van der Waals surface area contributed by atoms with Crippen molar-refractivity contribution in [1.29, 1.82) is 0 Å². The molecule has 4 rings (SSSR count). The van der Waals surface area contributed by atoms with Gasteiger partial charge in [0.2, 0.25) is 5.69 Å². The first kappa shape index (κ1) is 22.1. The smallest absolute Gasteiger partial charge is 0.403 e. The number of carbonyl (C=O) groups is 1. The van der Waals surface area contributed by atoms with Crippen LogP contribution in [0.4, 0.5) is 8.78 Å². The van der Waals surface area contributed by atoms with Crippen molar-refractivity contribution >= 4 is 5.97 Å². The van der Waals surface area contributed by atoms with Gasteiger partial charge in [-0.15, -0.1) is 0 Å². The minimum absolute atomic E-state index is 0.0416. The van der Waals surface area contributed by atoms with Crippen LogP contribution in [0.5, 0.6) is 0 Å². The summed E-state index contributed by atoms with van der Waals surface area (Å²) in [5.74, 6) is -2.05. The first-order valence-corrected chi connectivity index (χ1v) is 11.0. The van der Waals surface area contributed by atoms with Crippen LogP contribution in [-0.2, 0) is 17.3 Å². The summed E-state index contributed by atoms with van der Waals surface area (Å²) in [4.78, 5) is 12.8. The standard InChI is InChI=1S/C26H28F2N2O2/c1-4-26(5-2)16-18(17-32-25(31)23-11-6-8-12-29(23)3)20-14-19(27)15-21(28)24(20)22-10-7-9-13-30(22)26/h6-15,18H,4-5,16-17H2,1-3H3/q+2. The molecule has 3 heterocycles. The summed E-state index contributed by atoms with van der Waals surface area (Å²) in [6.45, 7) is 4.25. The molecule has 0 bridgehead atoms. The lowest BCUT2D eigenvalue weighted by atomic mass is 9.80. The van der Waals surface area contributed by atoms with E-state index >= 15 is 4.39 Å². The molecule has 0 aliphatic carbocycles. The summed E-state index contributed by atoms with van der Waals surface area (Å²) >= 11 is 0. The highest BCUT2D eigenvalue weighted by Gasteiger charge is 2.45. The van der Waals surface area contributed by atoms with E-state index in [0.29, 0.717) is 28.9 Å². The van der Waals surface area contributed by atoms with Crippen LogP contribution in [0, 0.1) is 11.6 Å². The lowest BCUT2D eigenvalue weighted by Crippen LogP contribution is -2.56. The van der Waals surface area contributed by atoms with E-state index in [0.717, 1.165) is 18.9 Å². The second-order valence-corrected chi connectivity index (χ2v) is 8.44. The SMILES string of the molecule is CCC1(CC)CC(COC(=O)c2cccc[n+]2C)c2cc(F)cc(F)c2-c2cccc[n+]21. The average Bonchev–Trinajstić information content (AvgIpc) is 2.91. The summed E-state index contributed by atoms with van der Waals surface area (Å²) in [6.07, 6.45) is 5.95. The van der Waals surface area contributed by atoms with Gasteiger partial charge in [-0.05, 0) is 23.8 Å². The minimum atomic E-state index is -0.630. The molecule has 1 atom stereocenters. The van der Waals surface area contributed by atoms with Gasteiger partial charge in [-0.1, -0.05) is 13.8 Å². The number of fused-ring (bicyclic) bond motifs is 3. The van der Waals surface area contributed by atoms with Crippen LogP contribution in [0.1, 0.15) is 55.1 Å². The van der Waals surface area contributed by atoms with Gasteiger partial charge in [0.05, 0.1) is 12.2 Å². The van der Waals surface area contributed by atoms with Crippen molar-refractivity contribution in [2.24, 2.45) is 7.05 Å². The fourth-order valence-electron chi connectivity index (χ4n) is 4.93. The molecule has 0 fully saturated rings. The molecule has 0 saturated heterocycles. The van der Waals surface area contributed by atoms with Crippen LogP contribution in [0.25, 0.3) is 11.3 Å². The maximum Gasteiger partial charge on any atom is 0.403 e. The first-order valence-electron chi connectivity index (χ1n) is 11.0. The zero-order chi connectivity index (χ0) is 22.9. The summed E-state index contributed by atoms with van der Waals surface area (Å²) in [5.41, 5.74) is 1.74. The summed E-state index contributed by atoms with van der Waals surface area (Å²) in [7, 11) is 1.77. The fourth-order valence-corrected chi connectivity index (χ4v) is 4.93. The summed E-state index contributed by atoms with van der Waals surface area (Å²) < 4.78 is 39.0. The number of hydrogen-bond acceptors (Lipinski definition) is 2. The maximum absolute atomic E-state index is 15.2. The molecular weight excluding hydrogens is 410 g/mol. The van der Waals surface area contributed by atoms with Crippen molar-refractivity contribution < 1.29 is 27.4 Å². The molecule has 0 radical (unpaired) electrons. The molecule has 1 aromatic carbocycles. The van der Waals surface area contributed by atoms with Gasteiger partial charge in [0.1, 0.15) is 18.7 Å². The second kappa shape index (κ2) is 8.77. The highest BCUT2D eigenvalue weighted by molar-refractivity contribution is 5.85. The topological polar surface area (TPSA) is 34.1 Å². The Kier molecular flexibility index (Phi) is 6.04. The summed E-state index contributed by atoms with van der Waals surface area (Å²) in [6, 6.07) is 13.3. The van der Waals surface area contributed by atoms with Crippen molar-refractivity contribution in [3.63, 3.8) is 0 Å². The molecule has 0 N–H and O–H groups in total. The van der Waals surface area contributed by atoms with Gasteiger partial charge >= 0.3 is 5.97 Å². The number of carbonyl (C=O) groups excluding carboxylic acids is 1. The highest BCUT2D eigenvalue weighted by atomic mass is 19.1. The van der Waals surface area contributed by atoms with E-state index in [1.165, 1.54) is 6.07 Å². The number of nitrogens with zero attached hydrogens (tertiary/aromatic N) is 2. The predicted octanol–water partition coefficient (Wildman–Crippen LogP) is 4.60. The van der Waals surface area contributed by atoms with Crippen LogP contribution in [-0.4, -0.2) is 12.6 Å². The minimum Gasteiger partial charge on any atom is -0.457 e. The van der Waals surface area contributed by atoms with Crippen LogP contribution in [0.15, 0.2) is 60.9 Å². The van der Waals surface area contributed by atoms with Crippen molar-refractivity contribution in [3.8, 4) is 11.3 Å². The molecule has 0 amide bonds. The van der Waals surface area contributed by atoms with Crippen LogP contribution in [0.3, 0.4) is 0 Å². The lowest BCUT2D eigenvalue weighted by molar-refractivity contribution is -0.757. The van der Waals surface area contributed by atoms with Gasteiger partial charge in [-0.3, -0.25) is 0 Å². The van der Waals surface area contributed by atoms with E-state index in [4.69, 9.17) is 4.74 Å². The third-order valence-electron chi connectivity index (χ3n) is 6.77. The molecule has 1 unspecified atom stereocenters. The van der Waals surface area contributed by atoms with Gasteiger partial charge in [0.15, 0.2) is 17.9 Å². The van der Waals surface area contributed by atoms with Gasteiger partial charge in [0.25, 0.3) is 5.69 Å². The van der Waals surface area contributed by atoms with Gasteiger partial charge in [-0.25, -0.2) is 13.6 Å². The number of hydrogen-bond donors (Lipinski definition) is 0. The fraction of sp³-hybridized carbons (Fsp3) is 0.346. The van der Waals surface area contributed by atoms with Gasteiger partial charge < -0.3 is 4.74 Å². The van der Waals surface area contributed by atoms with Crippen LogP contribution < -0.4 is 9.13 Å². The number of halogens is 2. The van der Waals surface area contributed by atoms with E-state index in [-0.39, 0.29) is 18.1 Å². The van der Waals surface area contributed by atoms with Crippen molar-refractivity contribution in [2.75, 3.05) is 6.61 Å². The van der Waals surface area contributed by atoms with E-state index in [1.54, 1.807) is 29.9 Å². The number of rotatable bonds is 5. The van der Waals surface area contributed by atoms with Crippen LogP contribution >= 0.6 is 0 Å². The molecule has 2 aromatic heterocycles. The average molecular weight is 439 g/mol. The number of aryl methyl sites for hydroxylation is 1. The van der Waals surface area contributed by atoms with Gasteiger partial charge in [-0.2, -0.15) is 9.13 Å². The zero-order valence-corrected chi connectivity index (χ0v) is 18.6. The van der Waals surface area contributed by atoms with E-state index < -0.39 is 17.6 Å². The number of ether oxygens (including phenoxy) is 1. The number of benzene rings is 1. The molecule has 3 aromatic rings. The predicted molar refractivity (Wildman–Crippen MR) is 116 cm³/mol. The van der Waals surface area contributed by atoms with E-state index in [2.05, 4.69) is 18.4 Å². The monoisotopic (exact) mass is 438 g/mol. The second-order valence-electron chi connectivity index (χ2n) is 8.44. The Bertz CT molecular complexity index is 1160. The first-order chi connectivity index (χ1) is 15.4. The Morgan fingerprint density at radius 3 is 2.53 bits per heavy atom. The van der Waals surface area contributed by atoms with Crippen LogP contribution in [0.2, 0.25) is 0 Å². The Hall–Kier alpha value is -3.15. The van der Waals surface area contributed by atoms with Crippen molar-refractivity contribution in [1.82, 2.24) is 0 Å². The zero-order valence-electron chi connectivity index (χ0n) is 18.6. The molecule has 6 heteroatoms. The maximum atomic E-state index is 15.2. The molecule has 1 aliphatic rings. The van der Waals surface area contributed by atoms with Crippen molar-refractivity contribution in [3.05, 3.63) is 83.8 Å². The normalized spacial score (nSPS) is 16.6. The third kappa shape index (κ3) is 3.78. The molecule has 4 nitrogen and oxygen atoms in total. The molecular formula is C26H28F2N2O2+2. The molecule has 0 saturated carbocycles. The summed E-state index contributed by atoms with van der Waals surface area (Å²) in [5, 5.41) is 0. The Morgan fingerprint density at radius 2 is 1.81 bits per heavy atom. The number of esters is 1. The van der Waals surface area contributed by atoms with Crippen molar-refractivity contribution in [2.45, 2.75) is 44.6 Å². The molecule has 1 aliphatic heterocycles. The van der Waals surface area contributed by atoms with Gasteiger partial charge in [0, 0.05) is 55.5 Å². The Morgan fingerprint density at radius 1 is 1.09 bits per heavy atom. The lowest BCUT2D eigenvalue weighted by Gasteiger charge is -2.29. The quantitative estimate of drug-likeness (QED) is 0.431. The molecule has 0 spiro atoms. The molecule has 32 heavy (non-hydrogen) atoms.